The monoisotopic (exact) mass is 361 g/mol. The van der Waals surface area contributed by atoms with E-state index in [-0.39, 0.29) is 11.7 Å². The summed E-state index contributed by atoms with van der Waals surface area (Å²) in [5.41, 5.74) is 6.06. The minimum absolute atomic E-state index is 0.0244. The van der Waals surface area contributed by atoms with Crippen LogP contribution in [0.4, 0.5) is 8.78 Å². The predicted molar refractivity (Wildman–Crippen MR) is 89.6 cm³/mol. The summed E-state index contributed by atoms with van der Waals surface area (Å²) < 4.78 is 29.1. The van der Waals surface area contributed by atoms with Crippen molar-refractivity contribution in [1.82, 2.24) is 10.2 Å². The van der Waals surface area contributed by atoms with Crippen molar-refractivity contribution >= 4 is 12.2 Å². The third-order valence-electron chi connectivity index (χ3n) is 4.39. The first-order valence-corrected chi connectivity index (χ1v) is 7.80. The molecule has 26 heavy (non-hydrogen) atoms. The highest BCUT2D eigenvalue weighted by molar-refractivity contribution is 5.94. The van der Waals surface area contributed by atoms with Crippen LogP contribution in [0.3, 0.4) is 0 Å². The third-order valence-corrected chi connectivity index (χ3v) is 4.39. The van der Waals surface area contributed by atoms with Crippen molar-refractivity contribution in [3.8, 4) is 5.75 Å². The largest absolute Gasteiger partial charge is 0.435 e. The molecule has 1 aliphatic heterocycles. The molecule has 1 saturated heterocycles. The number of nitrogens with zero attached hydrogens (tertiary/aromatic N) is 1. The fraction of sp³-hybridized carbons (Fsp3) is 0.222. The fourth-order valence-corrected chi connectivity index (χ4v) is 3.08. The molecule has 1 heterocycles. The number of hydrogen-bond acceptors (Lipinski definition) is 5. The van der Waals surface area contributed by atoms with Crippen molar-refractivity contribution < 1.29 is 23.1 Å². The van der Waals surface area contributed by atoms with Crippen molar-refractivity contribution in [2.75, 3.05) is 7.05 Å². The van der Waals surface area contributed by atoms with Crippen LogP contribution in [-0.2, 0) is 10.3 Å². The zero-order chi connectivity index (χ0) is 18.9. The van der Waals surface area contributed by atoms with Crippen LogP contribution in [-0.4, -0.2) is 37.0 Å². The van der Waals surface area contributed by atoms with Crippen LogP contribution < -0.4 is 15.8 Å². The molecule has 1 fully saturated rings. The van der Waals surface area contributed by atoms with Crippen LogP contribution >= 0.6 is 0 Å². The van der Waals surface area contributed by atoms with E-state index in [1.165, 1.54) is 29.2 Å². The van der Waals surface area contributed by atoms with Gasteiger partial charge < -0.3 is 9.64 Å². The first-order chi connectivity index (χ1) is 12.4. The highest BCUT2D eigenvalue weighted by Gasteiger charge is 2.51. The second kappa shape index (κ2) is 6.81. The van der Waals surface area contributed by atoms with E-state index in [0.29, 0.717) is 23.0 Å². The van der Waals surface area contributed by atoms with Gasteiger partial charge in [0.05, 0.1) is 0 Å². The SMILES string of the molecule is CN1C(=O)C(c2ccc(OC(F)F)cc2)(c2cccc(C=O)c2)NC1N. The van der Waals surface area contributed by atoms with E-state index in [1.807, 2.05) is 0 Å². The van der Waals surface area contributed by atoms with E-state index in [4.69, 9.17) is 5.73 Å². The third kappa shape index (κ3) is 2.93. The van der Waals surface area contributed by atoms with Gasteiger partial charge in [-0.1, -0.05) is 30.3 Å². The molecule has 2 unspecified atom stereocenters. The lowest BCUT2D eigenvalue weighted by atomic mass is 9.82. The molecule has 1 amide bonds. The number of nitrogens with two attached hydrogens (primary N) is 1. The highest BCUT2D eigenvalue weighted by atomic mass is 19.3. The molecule has 2 aromatic carbocycles. The Hall–Kier alpha value is -2.84. The van der Waals surface area contributed by atoms with Crippen LogP contribution in [0.5, 0.6) is 5.75 Å². The van der Waals surface area contributed by atoms with Crippen LogP contribution in [0, 0.1) is 0 Å². The van der Waals surface area contributed by atoms with E-state index < -0.39 is 18.4 Å². The van der Waals surface area contributed by atoms with Gasteiger partial charge in [-0.2, -0.15) is 8.78 Å². The Kier molecular flexibility index (Phi) is 4.71. The fourth-order valence-electron chi connectivity index (χ4n) is 3.08. The highest BCUT2D eigenvalue weighted by Crippen LogP contribution is 2.37. The van der Waals surface area contributed by atoms with E-state index in [0.717, 1.165) is 0 Å². The predicted octanol–water partition coefficient (Wildman–Crippen LogP) is 1.65. The van der Waals surface area contributed by atoms with Gasteiger partial charge in [-0.25, -0.2) is 0 Å². The Morgan fingerprint density at radius 1 is 1.23 bits per heavy atom. The number of nitrogens with one attached hydrogen (secondary N) is 1. The van der Waals surface area contributed by atoms with Crippen LogP contribution in [0.25, 0.3) is 0 Å². The Labute approximate surface area is 148 Å². The lowest BCUT2D eigenvalue weighted by molar-refractivity contribution is -0.131. The summed E-state index contributed by atoms with van der Waals surface area (Å²) >= 11 is 0. The van der Waals surface area contributed by atoms with E-state index >= 15 is 0 Å². The van der Waals surface area contributed by atoms with Crippen LogP contribution in [0.15, 0.2) is 48.5 Å². The maximum atomic E-state index is 13.0. The number of alkyl halides is 2. The van der Waals surface area contributed by atoms with Gasteiger partial charge in [0, 0.05) is 12.6 Å². The molecule has 2 aromatic rings. The molecule has 3 N–H and O–H groups in total. The van der Waals surface area contributed by atoms with Gasteiger partial charge in [-0.3, -0.25) is 20.6 Å². The quantitative estimate of drug-likeness (QED) is 0.791. The summed E-state index contributed by atoms with van der Waals surface area (Å²) in [7, 11) is 1.56. The minimum Gasteiger partial charge on any atom is -0.435 e. The summed E-state index contributed by atoms with van der Waals surface area (Å²) in [6.45, 7) is -2.94. The van der Waals surface area contributed by atoms with Gasteiger partial charge >= 0.3 is 6.61 Å². The maximum absolute atomic E-state index is 13.0. The molecule has 0 aliphatic carbocycles. The van der Waals surface area contributed by atoms with Gasteiger partial charge in [0.2, 0.25) is 0 Å². The minimum atomic E-state index is -2.94. The van der Waals surface area contributed by atoms with E-state index in [1.54, 1.807) is 31.3 Å². The number of amides is 1. The number of ether oxygens (including phenoxy) is 1. The van der Waals surface area contributed by atoms with Gasteiger partial charge in [0.1, 0.15) is 18.3 Å². The molecule has 2 atom stereocenters. The molecule has 1 aliphatic rings. The first kappa shape index (κ1) is 18.0. The molecular weight excluding hydrogens is 344 g/mol. The number of aldehydes is 1. The maximum Gasteiger partial charge on any atom is 0.387 e. The molecule has 0 bridgehead atoms. The number of hydrogen-bond donors (Lipinski definition) is 2. The van der Waals surface area contributed by atoms with Gasteiger partial charge in [-0.05, 0) is 29.3 Å². The van der Waals surface area contributed by atoms with Crippen molar-refractivity contribution in [2.45, 2.75) is 18.4 Å². The smallest absolute Gasteiger partial charge is 0.387 e. The van der Waals surface area contributed by atoms with E-state index in [2.05, 4.69) is 10.1 Å². The number of halogens is 2. The number of carbonyl (C=O) groups is 2. The second-order valence-corrected chi connectivity index (χ2v) is 5.90. The van der Waals surface area contributed by atoms with Crippen LogP contribution in [0.2, 0.25) is 0 Å². The van der Waals surface area contributed by atoms with Gasteiger partial charge in [0.15, 0.2) is 5.54 Å². The van der Waals surface area contributed by atoms with Gasteiger partial charge in [-0.15, -0.1) is 0 Å². The molecule has 0 saturated carbocycles. The van der Waals surface area contributed by atoms with E-state index in [9.17, 15) is 18.4 Å². The average Bonchev–Trinajstić information content (AvgIpc) is 2.87. The Morgan fingerprint density at radius 3 is 2.46 bits per heavy atom. The molecule has 3 rings (SSSR count). The lowest BCUT2D eigenvalue weighted by Crippen LogP contribution is -2.48. The van der Waals surface area contributed by atoms with Gasteiger partial charge in [0.25, 0.3) is 5.91 Å². The molecular formula is C18H17F2N3O3. The summed E-state index contributed by atoms with van der Waals surface area (Å²) in [5, 5.41) is 3.06. The Bertz CT molecular complexity index is 829. The molecule has 0 spiro atoms. The van der Waals surface area contributed by atoms with Crippen molar-refractivity contribution in [3.63, 3.8) is 0 Å². The zero-order valence-corrected chi connectivity index (χ0v) is 13.9. The van der Waals surface area contributed by atoms with Crippen molar-refractivity contribution in [1.29, 1.82) is 0 Å². The van der Waals surface area contributed by atoms with Crippen LogP contribution in [0.1, 0.15) is 21.5 Å². The van der Waals surface area contributed by atoms with Crippen molar-refractivity contribution in [3.05, 3.63) is 65.2 Å². The average molecular weight is 361 g/mol. The Balaban J connectivity index is 2.13. The summed E-state index contributed by atoms with van der Waals surface area (Å²) in [6, 6.07) is 12.3. The first-order valence-electron chi connectivity index (χ1n) is 7.80. The molecule has 6 nitrogen and oxygen atoms in total. The second-order valence-electron chi connectivity index (χ2n) is 5.90. The summed E-state index contributed by atoms with van der Waals surface area (Å²) in [6.07, 6.45) is -0.0702. The Morgan fingerprint density at radius 2 is 1.92 bits per heavy atom. The molecule has 8 heteroatoms. The summed E-state index contributed by atoms with van der Waals surface area (Å²) in [4.78, 5) is 25.5. The summed E-state index contributed by atoms with van der Waals surface area (Å²) in [5.74, 6) is -0.348. The standard InChI is InChI=1S/C18H17F2N3O3/c1-23-15(25)18(22-17(23)21,13-4-2-3-11(9-13)10-24)12-5-7-14(8-6-12)26-16(19)20/h2-10,16-17,22H,21H2,1H3. The molecule has 136 valence electrons. The molecule has 0 aromatic heterocycles. The lowest BCUT2D eigenvalue weighted by Gasteiger charge is -2.28. The molecule has 0 radical (unpaired) electrons. The number of carbonyl (C=O) groups excluding carboxylic acids is 2. The number of rotatable bonds is 5. The zero-order valence-electron chi connectivity index (χ0n) is 13.9. The number of likely N-dealkylation sites (N-methyl/N-ethyl adjacent to an activating group) is 1. The normalized spacial score (nSPS) is 22.7. The topological polar surface area (TPSA) is 84.7 Å². The van der Waals surface area contributed by atoms with Crippen molar-refractivity contribution in [2.24, 2.45) is 5.73 Å². The number of benzene rings is 2.